The molecule has 1 atom stereocenters. The first-order valence-electron chi connectivity index (χ1n) is 5.54. The molecule has 0 aliphatic heterocycles. The van der Waals surface area contributed by atoms with E-state index >= 15 is 0 Å². The van der Waals surface area contributed by atoms with Gasteiger partial charge in [-0.1, -0.05) is 13.8 Å². The summed E-state index contributed by atoms with van der Waals surface area (Å²) in [6.45, 7) is 5.19. The number of hydrogen-bond acceptors (Lipinski definition) is 6. The zero-order valence-electron chi connectivity index (χ0n) is 10.8. The SMILES string of the molecule is COC(=O)[C@H](OC(=O)c1ccnc(C)n1)C(C)C. The van der Waals surface area contributed by atoms with Crippen LogP contribution >= 0.6 is 0 Å². The Kier molecular flexibility index (Phi) is 4.76. The van der Waals surface area contributed by atoms with Crippen molar-refractivity contribution in [2.75, 3.05) is 7.11 Å². The van der Waals surface area contributed by atoms with E-state index in [-0.39, 0.29) is 11.6 Å². The van der Waals surface area contributed by atoms with Gasteiger partial charge in [-0.25, -0.2) is 19.6 Å². The lowest BCUT2D eigenvalue weighted by molar-refractivity contribution is -0.153. The van der Waals surface area contributed by atoms with Gasteiger partial charge in [0, 0.05) is 12.1 Å². The molecule has 0 N–H and O–H groups in total. The second kappa shape index (κ2) is 6.09. The Bertz CT molecular complexity index is 445. The molecule has 0 spiro atoms. The molecule has 0 aliphatic carbocycles. The highest BCUT2D eigenvalue weighted by atomic mass is 16.6. The molecule has 1 aromatic rings. The fourth-order valence-corrected chi connectivity index (χ4v) is 1.32. The first kappa shape index (κ1) is 14.1. The molecule has 0 amide bonds. The van der Waals surface area contributed by atoms with Gasteiger partial charge in [-0.2, -0.15) is 0 Å². The first-order chi connectivity index (χ1) is 8.45. The summed E-state index contributed by atoms with van der Waals surface area (Å²) in [5.41, 5.74) is 0.122. The van der Waals surface area contributed by atoms with E-state index in [2.05, 4.69) is 14.7 Å². The summed E-state index contributed by atoms with van der Waals surface area (Å²) in [6, 6.07) is 1.43. The topological polar surface area (TPSA) is 78.4 Å². The summed E-state index contributed by atoms with van der Waals surface area (Å²) in [6.07, 6.45) is 0.527. The molecule has 18 heavy (non-hydrogen) atoms. The molecule has 6 heteroatoms. The van der Waals surface area contributed by atoms with Gasteiger partial charge in [0.25, 0.3) is 0 Å². The Hall–Kier alpha value is -1.98. The van der Waals surface area contributed by atoms with Crippen LogP contribution in [0, 0.1) is 12.8 Å². The van der Waals surface area contributed by atoms with Crippen LogP contribution in [0.2, 0.25) is 0 Å². The highest BCUT2D eigenvalue weighted by Gasteiger charge is 2.28. The van der Waals surface area contributed by atoms with Gasteiger partial charge in [0.05, 0.1) is 7.11 Å². The van der Waals surface area contributed by atoms with Crippen molar-refractivity contribution in [2.24, 2.45) is 5.92 Å². The molecule has 0 bridgehead atoms. The number of rotatable bonds is 4. The minimum atomic E-state index is -0.933. The second-order valence-corrected chi connectivity index (χ2v) is 4.08. The normalized spacial score (nSPS) is 12.1. The quantitative estimate of drug-likeness (QED) is 0.748. The highest BCUT2D eigenvalue weighted by molar-refractivity contribution is 5.89. The summed E-state index contributed by atoms with van der Waals surface area (Å²) < 4.78 is 9.69. The monoisotopic (exact) mass is 252 g/mol. The van der Waals surface area contributed by atoms with Gasteiger partial charge in [0.15, 0.2) is 5.69 Å². The van der Waals surface area contributed by atoms with Gasteiger partial charge < -0.3 is 9.47 Å². The molecule has 1 heterocycles. The minimum Gasteiger partial charge on any atom is -0.466 e. The van der Waals surface area contributed by atoms with Gasteiger partial charge in [-0.05, 0) is 13.0 Å². The van der Waals surface area contributed by atoms with Gasteiger partial charge in [0.2, 0.25) is 6.10 Å². The van der Waals surface area contributed by atoms with Crippen molar-refractivity contribution in [2.45, 2.75) is 26.9 Å². The zero-order chi connectivity index (χ0) is 13.7. The van der Waals surface area contributed by atoms with Gasteiger partial charge in [-0.15, -0.1) is 0 Å². The molecule has 0 unspecified atom stereocenters. The Morgan fingerprint density at radius 3 is 2.50 bits per heavy atom. The lowest BCUT2D eigenvalue weighted by Gasteiger charge is -2.18. The van der Waals surface area contributed by atoms with E-state index in [4.69, 9.17) is 4.74 Å². The molecule has 0 radical (unpaired) electrons. The molecular weight excluding hydrogens is 236 g/mol. The molecular formula is C12H16N2O4. The lowest BCUT2D eigenvalue weighted by atomic mass is 10.1. The van der Waals surface area contributed by atoms with Crippen LogP contribution in [0.1, 0.15) is 30.2 Å². The number of ether oxygens (including phenoxy) is 2. The molecule has 1 rings (SSSR count). The summed E-state index contributed by atoms with van der Waals surface area (Å²) in [5.74, 6) is -0.957. The second-order valence-electron chi connectivity index (χ2n) is 4.08. The molecule has 0 saturated carbocycles. The van der Waals surface area contributed by atoms with E-state index in [1.165, 1.54) is 19.4 Å². The Morgan fingerprint density at radius 2 is 2.00 bits per heavy atom. The summed E-state index contributed by atoms with van der Waals surface area (Å²) in [5, 5.41) is 0. The van der Waals surface area contributed by atoms with Gasteiger partial charge in [0.1, 0.15) is 5.82 Å². The number of methoxy groups -OCH3 is 1. The van der Waals surface area contributed by atoms with Crippen LogP contribution in [-0.4, -0.2) is 35.1 Å². The highest BCUT2D eigenvalue weighted by Crippen LogP contribution is 2.11. The third kappa shape index (κ3) is 3.51. The number of carbonyl (C=O) groups excluding carboxylic acids is 2. The zero-order valence-corrected chi connectivity index (χ0v) is 10.8. The smallest absolute Gasteiger partial charge is 0.357 e. The van der Waals surface area contributed by atoms with Crippen molar-refractivity contribution in [3.05, 3.63) is 23.8 Å². The van der Waals surface area contributed by atoms with Crippen LogP contribution in [0.5, 0.6) is 0 Å². The molecule has 0 fully saturated rings. The fraction of sp³-hybridized carbons (Fsp3) is 0.500. The van der Waals surface area contributed by atoms with Crippen LogP contribution in [0.4, 0.5) is 0 Å². The Morgan fingerprint density at radius 1 is 1.33 bits per heavy atom. The van der Waals surface area contributed by atoms with E-state index in [9.17, 15) is 9.59 Å². The summed E-state index contributed by atoms with van der Waals surface area (Å²) in [4.78, 5) is 31.1. The van der Waals surface area contributed by atoms with Gasteiger partial charge >= 0.3 is 11.9 Å². The van der Waals surface area contributed by atoms with E-state index in [1.807, 2.05) is 0 Å². The van der Waals surface area contributed by atoms with Crippen molar-refractivity contribution in [3.8, 4) is 0 Å². The third-order valence-corrected chi connectivity index (χ3v) is 2.26. The number of hydrogen-bond donors (Lipinski definition) is 0. The van der Waals surface area contributed by atoms with Crippen molar-refractivity contribution in [1.82, 2.24) is 9.97 Å². The molecule has 6 nitrogen and oxygen atoms in total. The summed E-state index contributed by atoms with van der Waals surface area (Å²) in [7, 11) is 1.25. The van der Waals surface area contributed by atoms with E-state index in [0.717, 1.165) is 0 Å². The average Bonchev–Trinajstić information content (AvgIpc) is 2.34. The first-order valence-corrected chi connectivity index (χ1v) is 5.54. The van der Waals surface area contributed by atoms with Crippen molar-refractivity contribution < 1.29 is 19.1 Å². The van der Waals surface area contributed by atoms with E-state index in [0.29, 0.717) is 5.82 Å². The summed E-state index contributed by atoms with van der Waals surface area (Å²) >= 11 is 0. The Balaban J connectivity index is 2.82. The molecule has 0 aromatic carbocycles. The number of carbonyl (C=O) groups is 2. The van der Waals surface area contributed by atoms with Crippen molar-refractivity contribution in [1.29, 1.82) is 0 Å². The largest absolute Gasteiger partial charge is 0.466 e. The van der Waals surface area contributed by atoms with E-state index < -0.39 is 18.0 Å². The van der Waals surface area contributed by atoms with Gasteiger partial charge in [-0.3, -0.25) is 0 Å². The van der Waals surface area contributed by atoms with Crippen LogP contribution in [0.15, 0.2) is 12.3 Å². The predicted molar refractivity (Wildman–Crippen MR) is 62.8 cm³/mol. The van der Waals surface area contributed by atoms with Crippen molar-refractivity contribution in [3.63, 3.8) is 0 Å². The average molecular weight is 252 g/mol. The van der Waals surface area contributed by atoms with E-state index in [1.54, 1.807) is 20.8 Å². The number of aromatic nitrogens is 2. The molecule has 0 saturated heterocycles. The van der Waals surface area contributed by atoms with Crippen LogP contribution in [-0.2, 0) is 14.3 Å². The molecule has 1 aromatic heterocycles. The number of esters is 2. The molecule has 98 valence electrons. The number of nitrogens with zero attached hydrogens (tertiary/aromatic N) is 2. The lowest BCUT2D eigenvalue weighted by Crippen LogP contribution is -2.33. The standard InChI is InChI=1S/C12H16N2O4/c1-7(2)10(12(16)17-4)18-11(15)9-5-6-13-8(3)14-9/h5-7,10H,1-4H3/t10-/m1/s1. The maximum absolute atomic E-state index is 11.8. The predicted octanol–water partition coefficient (Wildman–Crippen LogP) is 1.14. The maximum atomic E-state index is 11.8. The van der Waals surface area contributed by atoms with Crippen LogP contribution < -0.4 is 0 Å². The van der Waals surface area contributed by atoms with Crippen LogP contribution in [0.3, 0.4) is 0 Å². The number of aryl methyl sites for hydroxylation is 1. The van der Waals surface area contributed by atoms with Crippen LogP contribution in [0.25, 0.3) is 0 Å². The maximum Gasteiger partial charge on any atom is 0.357 e. The molecule has 0 aliphatic rings. The van der Waals surface area contributed by atoms with Crippen molar-refractivity contribution >= 4 is 11.9 Å². The fourth-order valence-electron chi connectivity index (χ4n) is 1.32. The Labute approximate surface area is 105 Å². The minimum absolute atomic E-state index is 0.122. The third-order valence-electron chi connectivity index (χ3n) is 2.26.